The molecular formula is C34H36N2O2. The predicted molar refractivity (Wildman–Crippen MR) is 154 cm³/mol. The van der Waals surface area contributed by atoms with Gasteiger partial charge in [-0.3, -0.25) is 5.32 Å². The van der Waals surface area contributed by atoms with Crippen LogP contribution in [-0.4, -0.2) is 25.3 Å². The highest BCUT2D eigenvalue weighted by Crippen LogP contribution is 2.39. The van der Waals surface area contributed by atoms with Crippen LogP contribution in [0.4, 0.5) is 5.69 Å². The van der Waals surface area contributed by atoms with Crippen molar-refractivity contribution in [1.82, 2.24) is 5.32 Å². The minimum Gasteiger partial charge on any atom is -0.462 e. The molecule has 38 heavy (non-hydrogen) atoms. The Kier molecular flexibility index (Phi) is 7.90. The summed E-state index contributed by atoms with van der Waals surface area (Å²) in [5.74, 6) is -0.263. The first-order valence-corrected chi connectivity index (χ1v) is 13.6. The van der Waals surface area contributed by atoms with Crippen LogP contribution in [0.1, 0.15) is 58.8 Å². The summed E-state index contributed by atoms with van der Waals surface area (Å²) >= 11 is 0. The molecule has 0 spiro atoms. The zero-order valence-corrected chi connectivity index (χ0v) is 22.3. The Bertz CT molecular complexity index is 1240. The first kappa shape index (κ1) is 25.7. The molecular weight excluding hydrogens is 468 g/mol. The highest BCUT2D eigenvalue weighted by atomic mass is 16.5. The van der Waals surface area contributed by atoms with Crippen molar-refractivity contribution in [2.75, 3.05) is 18.1 Å². The number of rotatable bonds is 8. The van der Waals surface area contributed by atoms with E-state index < -0.39 is 5.54 Å². The van der Waals surface area contributed by atoms with Crippen LogP contribution in [0.25, 0.3) is 0 Å². The lowest BCUT2D eigenvalue weighted by Crippen LogP contribution is -2.58. The maximum atomic E-state index is 12.4. The topological polar surface area (TPSA) is 41.6 Å². The van der Waals surface area contributed by atoms with E-state index in [2.05, 4.69) is 113 Å². The van der Waals surface area contributed by atoms with Crippen LogP contribution in [0.15, 0.2) is 109 Å². The van der Waals surface area contributed by atoms with Gasteiger partial charge in [0.15, 0.2) is 0 Å². The summed E-state index contributed by atoms with van der Waals surface area (Å²) in [7, 11) is 0. The molecule has 194 valence electrons. The quantitative estimate of drug-likeness (QED) is 0.206. The largest absolute Gasteiger partial charge is 0.462 e. The number of ether oxygens (including phenoxy) is 1. The Morgan fingerprint density at radius 3 is 1.89 bits per heavy atom. The lowest BCUT2D eigenvalue weighted by atomic mass is 9.76. The van der Waals surface area contributed by atoms with Gasteiger partial charge in [-0.25, -0.2) is 4.79 Å². The molecule has 0 aliphatic carbocycles. The summed E-state index contributed by atoms with van der Waals surface area (Å²) in [5, 5.41) is 4.18. The summed E-state index contributed by atoms with van der Waals surface area (Å²) < 4.78 is 5.26. The van der Waals surface area contributed by atoms with E-state index in [4.69, 9.17) is 4.74 Å². The predicted octanol–water partition coefficient (Wildman–Crippen LogP) is 7.07. The average molecular weight is 505 g/mol. The molecule has 1 heterocycles. The maximum Gasteiger partial charge on any atom is 0.338 e. The van der Waals surface area contributed by atoms with E-state index >= 15 is 0 Å². The summed E-state index contributed by atoms with van der Waals surface area (Å²) in [4.78, 5) is 14.9. The molecule has 1 N–H and O–H groups in total. The molecule has 0 aromatic heterocycles. The van der Waals surface area contributed by atoms with E-state index in [0.717, 1.165) is 37.1 Å². The number of nitrogens with one attached hydrogen (secondary N) is 1. The van der Waals surface area contributed by atoms with E-state index in [1.165, 1.54) is 16.7 Å². The summed E-state index contributed by atoms with van der Waals surface area (Å²) in [5.41, 5.74) is 5.76. The molecule has 4 aromatic rings. The molecule has 1 aliphatic heterocycles. The lowest BCUT2D eigenvalue weighted by molar-refractivity contribution is 0.0525. The van der Waals surface area contributed by atoms with Crippen LogP contribution in [0.3, 0.4) is 0 Å². The second-order valence-corrected chi connectivity index (χ2v) is 9.92. The van der Waals surface area contributed by atoms with Crippen molar-refractivity contribution in [1.29, 1.82) is 0 Å². The van der Waals surface area contributed by atoms with Gasteiger partial charge in [0.2, 0.25) is 0 Å². The van der Waals surface area contributed by atoms with Crippen molar-refractivity contribution in [2.24, 2.45) is 0 Å². The SMILES string of the molecule is CCOC(=O)c1ccc(N2CCCCC2NC(c2ccccc2)(c2ccccc2)c2ccccc2)cc1C. The fourth-order valence-corrected chi connectivity index (χ4v) is 5.72. The number of benzene rings is 4. The second kappa shape index (κ2) is 11.7. The van der Waals surface area contributed by atoms with Crippen LogP contribution < -0.4 is 10.2 Å². The second-order valence-electron chi connectivity index (χ2n) is 9.92. The van der Waals surface area contributed by atoms with Gasteiger partial charge in [-0.05, 0) is 73.6 Å². The highest BCUT2D eigenvalue weighted by molar-refractivity contribution is 5.91. The first-order chi connectivity index (χ1) is 18.6. The van der Waals surface area contributed by atoms with Crippen molar-refractivity contribution in [2.45, 2.75) is 44.8 Å². The number of esters is 1. The molecule has 1 aliphatic rings. The van der Waals surface area contributed by atoms with Crippen molar-refractivity contribution < 1.29 is 9.53 Å². The number of hydrogen-bond acceptors (Lipinski definition) is 4. The normalized spacial score (nSPS) is 15.7. The zero-order valence-electron chi connectivity index (χ0n) is 22.3. The minimum atomic E-state index is -0.538. The van der Waals surface area contributed by atoms with Gasteiger partial charge in [0.05, 0.1) is 23.9 Å². The molecule has 0 bridgehead atoms. The van der Waals surface area contributed by atoms with E-state index in [-0.39, 0.29) is 12.1 Å². The molecule has 1 fully saturated rings. The van der Waals surface area contributed by atoms with Crippen LogP contribution in [-0.2, 0) is 10.3 Å². The van der Waals surface area contributed by atoms with Crippen LogP contribution >= 0.6 is 0 Å². The van der Waals surface area contributed by atoms with E-state index in [1.807, 2.05) is 19.9 Å². The molecule has 4 aromatic carbocycles. The van der Waals surface area contributed by atoms with Crippen molar-refractivity contribution in [3.05, 3.63) is 137 Å². The number of piperidine rings is 1. The van der Waals surface area contributed by atoms with Crippen LogP contribution in [0.5, 0.6) is 0 Å². The third-order valence-corrected chi connectivity index (χ3v) is 7.54. The highest BCUT2D eigenvalue weighted by Gasteiger charge is 2.40. The van der Waals surface area contributed by atoms with Gasteiger partial charge in [0.1, 0.15) is 0 Å². The van der Waals surface area contributed by atoms with E-state index in [1.54, 1.807) is 0 Å². The van der Waals surface area contributed by atoms with Gasteiger partial charge in [-0.2, -0.15) is 0 Å². The molecule has 4 nitrogen and oxygen atoms in total. The third-order valence-electron chi connectivity index (χ3n) is 7.54. The summed E-state index contributed by atoms with van der Waals surface area (Å²) in [6, 6.07) is 38.4. The fraction of sp³-hybridized carbons (Fsp3) is 0.265. The molecule has 1 atom stereocenters. The molecule has 0 radical (unpaired) electrons. The number of carbonyl (C=O) groups excluding carboxylic acids is 1. The third kappa shape index (κ3) is 5.09. The van der Waals surface area contributed by atoms with Gasteiger partial charge in [-0.15, -0.1) is 0 Å². The first-order valence-electron chi connectivity index (χ1n) is 13.6. The van der Waals surface area contributed by atoms with E-state index in [9.17, 15) is 4.79 Å². The van der Waals surface area contributed by atoms with Gasteiger partial charge in [0, 0.05) is 12.2 Å². The molecule has 5 rings (SSSR count). The Labute approximate surface area is 226 Å². The van der Waals surface area contributed by atoms with Gasteiger partial charge in [-0.1, -0.05) is 91.0 Å². The summed E-state index contributed by atoms with van der Waals surface area (Å²) in [6.45, 7) is 5.15. The molecule has 0 amide bonds. The Hall–Kier alpha value is -3.89. The Morgan fingerprint density at radius 2 is 1.39 bits per heavy atom. The van der Waals surface area contributed by atoms with Crippen LogP contribution in [0.2, 0.25) is 0 Å². The minimum absolute atomic E-state index is 0.0946. The Balaban J connectivity index is 1.60. The number of anilines is 1. The van der Waals surface area contributed by atoms with Crippen molar-refractivity contribution in [3.63, 3.8) is 0 Å². The standard InChI is InChI=1S/C34H36N2O2/c1-3-38-33(37)31-23-22-30(25-26(31)2)36-24-14-13-21-32(36)35-34(27-15-7-4-8-16-27,28-17-9-5-10-18-28)29-19-11-6-12-20-29/h4-12,15-20,22-23,25,32,35H,3,13-14,21,24H2,1-2H3. The average Bonchev–Trinajstić information content (AvgIpc) is 2.97. The maximum absolute atomic E-state index is 12.4. The van der Waals surface area contributed by atoms with Crippen molar-refractivity contribution in [3.8, 4) is 0 Å². The molecule has 0 saturated carbocycles. The monoisotopic (exact) mass is 504 g/mol. The Morgan fingerprint density at radius 1 is 0.842 bits per heavy atom. The molecule has 1 unspecified atom stereocenters. The number of aryl methyl sites for hydroxylation is 1. The molecule has 1 saturated heterocycles. The fourth-order valence-electron chi connectivity index (χ4n) is 5.72. The van der Waals surface area contributed by atoms with Crippen LogP contribution in [0, 0.1) is 6.92 Å². The van der Waals surface area contributed by atoms with Gasteiger partial charge < -0.3 is 9.64 Å². The van der Waals surface area contributed by atoms with Gasteiger partial charge >= 0.3 is 5.97 Å². The zero-order chi connectivity index (χ0) is 26.4. The number of carbonyl (C=O) groups is 1. The number of hydrogen-bond donors (Lipinski definition) is 1. The number of nitrogens with zero attached hydrogens (tertiary/aromatic N) is 1. The molecule has 4 heteroatoms. The van der Waals surface area contributed by atoms with E-state index in [0.29, 0.717) is 12.2 Å². The smallest absolute Gasteiger partial charge is 0.338 e. The lowest BCUT2D eigenvalue weighted by Gasteiger charge is -2.46. The van der Waals surface area contributed by atoms with Gasteiger partial charge in [0.25, 0.3) is 0 Å². The van der Waals surface area contributed by atoms with Crippen molar-refractivity contribution >= 4 is 11.7 Å². The summed E-state index contributed by atoms with van der Waals surface area (Å²) in [6.07, 6.45) is 3.40.